The van der Waals surface area contributed by atoms with Crippen molar-refractivity contribution >= 4 is 12.4 Å². The van der Waals surface area contributed by atoms with E-state index in [0.29, 0.717) is 6.41 Å². The van der Waals surface area contributed by atoms with Crippen molar-refractivity contribution in [1.29, 1.82) is 0 Å². The molecular formula is C19H23NO4. The number of benzene rings is 2. The van der Waals surface area contributed by atoms with Gasteiger partial charge in [0.15, 0.2) is 0 Å². The van der Waals surface area contributed by atoms with Crippen LogP contribution in [0.1, 0.15) is 12.0 Å². The number of aliphatic hydroxyl groups is 1. The number of carbonyl (C=O) groups excluding carboxylic acids is 2. The molecule has 0 aliphatic carbocycles. The molecule has 0 aliphatic rings. The van der Waals surface area contributed by atoms with Crippen molar-refractivity contribution < 1.29 is 19.4 Å². The van der Waals surface area contributed by atoms with E-state index < -0.39 is 12.0 Å². The van der Waals surface area contributed by atoms with Gasteiger partial charge in [0.05, 0.1) is 7.11 Å². The van der Waals surface area contributed by atoms with E-state index in [2.05, 4.69) is 65.5 Å². The van der Waals surface area contributed by atoms with E-state index in [4.69, 9.17) is 5.11 Å². The van der Waals surface area contributed by atoms with Crippen LogP contribution in [0.15, 0.2) is 54.6 Å². The lowest BCUT2D eigenvalue weighted by atomic mass is 10.0. The number of carbonyl (C=O) groups is 2. The summed E-state index contributed by atoms with van der Waals surface area (Å²) in [5.74, 6) is -0.550. The molecule has 1 amide bonds. The van der Waals surface area contributed by atoms with Crippen molar-refractivity contribution in [3.63, 3.8) is 0 Å². The van der Waals surface area contributed by atoms with Gasteiger partial charge in [-0.25, -0.2) is 4.79 Å². The Morgan fingerprint density at radius 2 is 1.79 bits per heavy atom. The standard InChI is InChI=1S/C13H12.C6H11NO4/c1-11-7-5-6-10-13(11)12-8-3-2-4-9-12;1-11-6(10)5(2-3-8)7-4-9/h2-10H,1H3;4-5,8H,2-3H2,1H3,(H,7,9)/t;5-/m.0/s1. The summed E-state index contributed by atoms with van der Waals surface area (Å²) < 4.78 is 4.35. The number of ether oxygens (including phenoxy) is 1. The highest BCUT2D eigenvalue weighted by molar-refractivity contribution is 5.77. The first-order valence-corrected chi connectivity index (χ1v) is 7.63. The Labute approximate surface area is 142 Å². The molecule has 24 heavy (non-hydrogen) atoms. The molecule has 0 unspecified atom stereocenters. The molecule has 0 bridgehead atoms. The summed E-state index contributed by atoms with van der Waals surface area (Å²) in [4.78, 5) is 20.6. The van der Waals surface area contributed by atoms with E-state index in [0.717, 1.165) is 0 Å². The maximum absolute atomic E-state index is 10.7. The number of nitrogens with one attached hydrogen (secondary N) is 1. The summed E-state index contributed by atoms with van der Waals surface area (Å²) in [5, 5.41) is 10.7. The van der Waals surface area contributed by atoms with E-state index >= 15 is 0 Å². The Kier molecular flexibility index (Phi) is 8.86. The highest BCUT2D eigenvalue weighted by atomic mass is 16.5. The van der Waals surface area contributed by atoms with Crippen LogP contribution in [0, 0.1) is 6.92 Å². The molecule has 2 aromatic rings. The second kappa shape index (κ2) is 11.0. The minimum Gasteiger partial charge on any atom is -0.467 e. The SMILES string of the molecule is COC(=O)[C@H](CCO)NC=O.Cc1ccccc1-c1ccccc1. The molecule has 0 saturated heterocycles. The third kappa shape index (κ3) is 6.22. The number of hydrogen-bond donors (Lipinski definition) is 2. The number of aryl methyl sites for hydroxylation is 1. The van der Waals surface area contributed by atoms with Gasteiger partial charge in [0.1, 0.15) is 6.04 Å². The minimum absolute atomic E-state index is 0.166. The molecule has 5 heteroatoms. The molecule has 2 N–H and O–H groups in total. The molecule has 5 nitrogen and oxygen atoms in total. The second-order valence-corrected chi connectivity index (χ2v) is 5.05. The van der Waals surface area contributed by atoms with Gasteiger partial charge in [0.25, 0.3) is 0 Å². The van der Waals surface area contributed by atoms with Crippen LogP contribution in [-0.4, -0.2) is 37.2 Å². The molecule has 2 aromatic carbocycles. The minimum atomic E-state index is -0.734. The largest absolute Gasteiger partial charge is 0.467 e. The summed E-state index contributed by atoms with van der Waals surface area (Å²) in [6.45, 7) is 1.98. The number of aliphatic hydroxyl groups excluding tert-OH is 1. The van der Waals surface area contributed by atoms with Crippen molar-refractivity contribution in [2.75, 3.05) is 13.7 Å². The Morgan fingerprint density at radius 1 is 1.17 bits per heavy atom. The predicted octanol–water partition coefficient (Wildman–Crippen LogP) is 2.32. The zero-order chi connectivity index (χ0) is 17.8. The molecule has 1 atom stereocenters. The first kappa shape index (κ1) is 19.4. The Balaban J connectivity index is 0.000000245. The monoisotopic (exact) mass is 329 g/mol. The van der Waals surface area contributed by atoms with Crippen molar-refractivity contribution in [2.24, 2.45) is 0 Å². The van der Waals surface area contributed by atoms with Gasteiger partial charge < -0.3 is 15.2 Å². The average Bonchev–Trinajstić information content (AvgIpc) is 2.62. The van der Waals surface area contributed by atoms with Gasteiger partial charge >= 0.3 is 5.97 Å². The first-order valence-electron chi connectivity index (χ1n) is 7.63. The Hall–Kier alpha value is -2.66. The zero-order valence-corrected chi connectivity index (χ0v) is 13.9. The summed E-state index contributed by atoms with van der Waals surface area (Å²) in [6.07, 6.45) is 0.572. The molecular weight excluding hydrogens is 306 g/mol. The van der Waals surface area contributed by atoms with Crippen LogP contribution in [-0.2, 0) is 14.3 Å². The van der Waals surface area contributed by atoms with Crippen LogP contribution in [0.2, 0.25) is 0 Å². The topological polar surface area (TPSA) is 75.6 Å². The smallest absolute Gasteiger partial charge is 0.328 e. The van der Waals surface area contributed by atoms with Crippen molar-refractivity contribution in [3.8, 4) is 11.1 Å². The van der Waals surface area contributed by atoms with Gasteiger partial charge in [0, 0.05) is 13.0 Å². The van der Waals surface area contributed by atoms with Crippen molar-refractivity contribution in [1.82, 2.24) is 5.32 Å². The summed E-state index contributed by atoms with van der Waals surface area (Å²) in [7, 11) is 1.22. The van der Waals surface area contributed by atoms with Gasteiger partial charge in [0.2, 0.25) is 6.41 Å². The summed E-state index contributed by atoms with van der Waals surface area (Å²) in [6, 6.07) is 18.2. The van der Waals surface area contributed by atoms with E-state index in [-0.39, 0.29) is 13.0 Å². The lowest BCUT2D eigenvalue weighted by molar-refractivity contribution is -0.144. The normalized spacial score (nSPS) is 10.8. The third-order valence-corrected chi connectivity index (χ3v) is 3.40. The number of esters is 1. The van der Waals surface area contributed by atoms with Gasteiger partial charge in [-0.2, -0.15) is 0 Å². The van der Waals surface area contributed by atoms with Crippen LogP contribution in [0.3, 0.4) is 0 Å². The zero-order valence-electron chi connectivity index (χ0n) is 13.9. The van der Waals surface area contributed by atoms with Crippen LogP contribution in [0.4, 0.5) is 0 Å². The van der Waals surface area contributed by atoms with Crippen LogP contribution in [0.25, 0.3) is 11.1 Å². The Morgan fingerprint density at radius 3 is 2.33 bits per heavy atom. The number of hydrogen-bond acceptors (Lipinski definition) is 4. The molecule has 0 aliphatic heterocycles. The maximum atomic E-state index is 10.7. The van der Waals surface area contributed by atoms with Gasteiger partial charge in [-0.15, -0.1) is 0 Å². The Bertz CT molecular complexity index is 628. The molecule has 0 fully saturated rings. The lowest BCUT2D eigenvalue weighted by Gasteiger charge is -2.10. The highest BCUT2D eigenvalue weighted by Crippen LogP contribution is 2.21. The molecule has 2 rings (SSSR count). The molecule has 0 spiro atoms. The quantitative estimate of drug-likeness (QED) is 0.630. The van der Waals surface area contributed by atoms with Crippen molar-refractivity contribution in [3.05, 3.63) is 60.2 Å². The van der Waals surface area contributed by atoms with E-state index in [1.165, 1.54) is 23.8 Å². The average molecular weight is 329 g/mol. The van der Waals surface area contributed by atoms with Crippen LogP contribution >= 0.6 is 0 Å². The highest BCUT2D eigenvalue weighted by Gasteiger charge is 2.16. The van der Waals surface area contributed by atoms with Crippen molar-refractivity contribution in [2.45, 2.75) is 19.4 Å². The maximum Gasteiger partial charge on any atom is 0.328 e. The van der Waals surface area contributed by atoms with Gasteiger partial charge in [-0.1, -0.05) is 54.6 Å². The van der Waals surface area contributed by atoms with Gasteiger partial charge in [-0.3, -0.25) is 4.79 Å². The fourth-order valence-corrected chi connectivity index (χ4v) is 2.14. The van der Waals surface area contributed by atoms with Crippen LogP contribution < -0.4 is 5.32 Å². The molecule has 0 radical (unpaired) electrons. The van der Waals surface area contributed by atoms with E-state index in [1.54, 1.807) is 0 Å². The molecule has 0 aromatic heterocycles. The fourth-order valence-electron chi connectivity index (χ4n) is 2.14. The van der Waals surface area contributed by atoms with Crippen LogP contribution in [0.5, 0.6) is 0 Å². The number of methoxy groups -OCH3 is 1. The second-order valence-electron chi connectivity index (χ2n) is 5.05. The van der Waals surface area contributed by atoms with E-state index in [9.17, 15) is 9.59 Å². The fraction of sp³-hybridized carbons (Fsp3) is 0.263. The third-order valence-electron chi connectivity index (χ3n) is 3.40. The summed E-state index contributed by atoms with van der Waals surface area (Å²) >= 11 is 0. The van der Waals surface area contributed by atoms with Gasteiger partial charge in [-0.05, 0) is 23.6 Å². The number of rotatable bonds is 6. The molecule has 0 saturated carbocycles. The van der Waals surface area contributed by atoms with E-state index in [1.807, 2.05) is 6.07 Å². The predicted molar refractivity (Wildman–Crippen MR) is 93.3 cm³/mol. The molecule has 0 heterocycles. The number of amides is 1. The summed E-state index contributed by atoms with van der Waals surface area (Å²) in [5.41, 5.74) is 3.94. The lowest BCUT2D eigenvalue weighted by Crippen LogP contribution is -2.37. The molecule has 128 valence electrons. The first-order chi connectivity index (χ1) is 11.6.